The minimum absolute atomic E-state index is 0.00447. The summed E-state index contributed by atoms with van der Waals surface area (Å²) in [4.78, 5) is 10.1. The predicted molar refractivity (Wildman–Crippen MR) is 89.0 cm³/mol. The number of sulfonamides is 1. The molecule has 1 saturated heterocycles. The number of nitro benzene ring substituents is 1. The van der Waals surface area contributed by atoms with Crippen molar-refractivity contribution in [2.24, 2.45) is 0 Å². The molecule has 1 unspecified atom stereocenters. The molecule has 0 aliphatic carbocycles. The predicted octanol–water partition coefficient (Wildman–Crippen LogP) is 1.81. The van der Waals surface area contributed by atoms with Crippen LogP contribution in [0.25, 0.3) is 0 Å². The molecule has 0 spiro atoms. The molecule has 1 N–H and O–H groups in total. The van der Waals surface area contributed by atoms with Crippen molar-refractivity contribution in [3.05, 3.63) is 28.3 Å². The molecule has 0 aromatic heterocycles. The van der Waals surface area contributed by atoms with Gasteiger partial charge in [0.1, 0.15) is 0 Å². The molecule has 0 amide bonds. The first-order valence-corrected chi connectivity index (χ1v) is 9.47. The average Bonchev–Trinajstić information content (AvgIpc) is 2.61. The first-order valence-electron chi connectivity index (χ1n) is 7.99. The van der Waals surface area contributed by atoms with Crippen LogP contribution in [-0.4, -0.2) is 46.5 Å². The highest BCUT2D eigenvalue weighted by Gasteiger charge is 2.21. The molecular weight excluding hydrogens is 352 g/mol. The number of ether oxygens (including phenoxy) is 3. The highest BCUT2D eigenvalue weighted by molar-refractivity contribution is 7.89. The number of nitrogens with zero attached hydrogens (tertiary/aromatic N) is 1. The second-order valence-electron chi connectivity index (χ2n) is 5.51. The first-order chi connectivity index (χ1) is 11.9. The van der Waals surface area contributed by atoms with Gasteiger partial charge in [0.2, 0.25) is 10.0 Å². The maximum absolute atomic E-state index is 12.2. The fourth-order valence-electron chi connectivity index (χ4n) is 2.40. The van der Waals surface area contributed by atoms with Gasteiger partial charge in [-0.3, -0.25) is 10.1 Å². The smallest absolute Gasteiger partial charge is 0.312 e. The van der Waals surface area contributed by atoms with Crippen molar-refractivity contribution in [3.8, 4) is 5.75 Å². The van der Waals surface area contributed by atoms with Gasteiger partial charge < -0.3 is 14.2 Å². The highest BCUT2D eigenvalue weighted by atomic mass is 32.2. The summed E-state index contributed by atoms with van der Waals surface area (Å²) < 4.78 is 42.7. The summed E-state index contributed by atoms with van der Waals surface area (Å²) in [6, 6.07) is 3.50. The maximum atomic E-state index is 12.2. The Bertz CT molecular complexity index is 687. The second-order valence-corrected chi connectivity index (χ2v) is 7.28. The molecule has 1 aromatic carbocycles. The molecule has 0 bridgehead atoms. The third-order valence-corrected chi connectivity index (χ3v) is 5.17. The third kappa shape index (κ3) is 5.63. The lowest BCUT2D eigenvalue weighted by Crippen LogP contribution is -2.27. The van der Waals surface area contributed by atoms with Gasteiger partial charge in [-0.2, -0.15) is 0 Å². The van der Waals surface area contributed by atoms with Crippen LogP contribution in [0.3, 0.4) is 0 Å². The van der Waals surface area contributed by atoms with Crippen LogP contribution in [0.15, 0.2) is 23.1 Å². The van der Waals surface area contributed by atoms with E-state index in [9.17, 15) is 18.5 Å². The van der Waals surface area contributed by atoms with Crippen molar-refractivity contribution in [3.63, 3.8) is 0 Å². The van der Waals surface area contributed by atoms with Crippen LogP contribution in [0, 0.1) is 10.1 Å². The highest BCUT2D eigenvalue weighted by Crippen LogP contribution is 2.29. The Balaban J connectivity index is 1.86. The number of hydrogen-bond donors (Lipinski definition) is 1. The molecule has 1 fully saturated rings. The number of benzene rings is 1. The molecule has 1 atom stereocenters. The molecule has 0 saturated carbocycles. The van der Waals surface area contributed by atoms with E-state index in [4.69, 9.17) is 14.2 Å². The van der Waals surface area contributed by atoms with E-state index < -0.39 is 20.6 Å². The Morgan fingerprint density at radius 3 is 2.84 bits per heavy atom. The maximum Gasteiger partial charge on any atom is 0.312 e. The largest absolute Gasteiger partial charge is 0.490 e. The lowest BCUT2D eigenvalue weighted by Gasteiger charge is -2.22. The number of nitrogens with one attached hydrogen (secondary N) is 1. The van der Waals surface area contributed by atoms with E-state index in [1.165, 1.54) is 19.2 Å². The van der Waals surface area contributed by atoms with Crippen molar-refractivity contribution >= 4 is 15.7 Å². The number of rotatable bonds is 9. The summed E-state index contributed by atoms with van der Waals surface area (Å²) >= 11 is 0. The Morgan fingerprint density at radius 2 is 2.20 bits per heavy atom. The van der Waals surface area contributed by atoms with Crippen LogP contribution in [0.1, 0.15) is 25.7 Å². The zero-order valence-corrected chi connectivity index (χ0v) is 14.8. The molecule has 0 radical (unpaired) electrons. The molecule has 140 valence electrons. The summed E-state index contributed by atoms with van der Waals surface area (Å²) in [6.07, 6.45) is 3.20. The normalized spacial score (nSPS) is 18.0. The van der Waals surface area contributed by atoms with Crippen molar-refractivity contribution < 1.29 is 27.6 Å². The van der Waals surface area contributed by atoms with Gasteiger partial charge in [-0.1, -0.05) is 0 Å². The summed E-state index contributed by atoms with van der Waals surface area (Å²) in [5.41, 5.74) is -0.400. The van der Waals surface area contributed by atoms with Crippen molar-refractivity contribution in [1.29, 1.82) is 0 Å². The summed E-state index contributed by atoms with van der Waals surface area (Å²) in [5, 5.41) is 11.0. The van der Waals surface area contributed by atoms with E-state index in [1.54, 1.807) is 0 Å². The van der Waals surface area contributed by atoms with Crippen LogP contribution >= 0.6 is 0 Å². The Kier molecular flexibility index (Phi) is 7.12. The Hall–Kier alpha value is -1.75. The van der Waals surface area contributed by atoms with Crippen molar-refractivity contribution in [2.45, 2.75) is 36.9 Å². The lowest BCUT2D eigenvalue weighted by atomic mass is 10.2. The fraction of sp³-hybridized carbons (Fsp3) is 0.600. The van der Waals surface area contributed by atoms with Crippen molar-refractivity contribution in [2.75, 3.05) is 26.9 Å². The van der Waals surface area contributed by atoms with Gasteiger partial charge in [0.25, 0.3) is 0 Å². The van der Waals surface area contributed by atoms with E-state index in [0.717, 1.165) is 25.3 Å². The molecule has 1 aromatic rings. The van der Waals surface area contributed by atoms with Gasteiger partial charge in [-0.05, 0) is 37.8 Å². The molecular formula is C15H22N2O7S. The molecule has 10 heteroatoms. The Morgan fingerprint density at radius 1 is 1.40 bits per heavy atom. The Labute approximate surface area is 146 Å². The number of methoxy groups -OCH3 is 1. The van der Waals surface area contributed by atoms with E-state index in [2.05, 4.69) is 4.72 Å². The molecule has 1 aliphatic heterocycles. The van der Waals surface area contributed by atoms with Gasteiger partial charge >= 0.3 is 5.69 Å². The monoisotopic (exact) mass is 374 g/mol. The van der Waals surface area contributed by atoms with Gasteiger partial charge in [-0.15, -0.1) is 0 Å². The van der Waals surface area contributed by atoms with Gasteiger partial charge in [0.15, 0.2) is 12.0 Å². The molecule has 2 rings (SSSR count). The minimum Gasteiger partial charge on any atom is -0.490 e. The van der Waals surface area contributed by atoms with Gasteiger partial charge in [0.05, 0.1) is 23.5 Å². The van der Waals surface area contributed by atoms with E-state index in [1.807, 2.05) is 0 Å². The third-order valence-electron chi connectivity index (χ3n) is 3.71. The number of hydrogen-bond acceptors (Lipinski definition) is 7. The quantitative estimate of drug-likeness (QED) is 0.398. The molecule has 1 aliphatic rings. The standard InChI is InChI=1S/C15H22N2O7S/c1-22-14-7-6-12(11-13(14)17(18)19)25(20,21)16-8-4-10-24-15-5-2-3-9-23-15/h6-7,11,15-16H,2-5,8-10H2,1H3. The summed E-state index contributed by atoms with van der Waals surface area (Å²) in [7, 11) is -2.56. The van der Waals surface area contributed by atoms with Crippen LogP contribution in [0.2, 0.25) is 0 Å². The topological polar surface area (TPSA) is 117 Å². The van der Waals surface area contributed by atoms with Gasteiger partial charge in [-0.25, -0.2) is 13.1 Å². The van der Waals surface area contributed by atoms with Crippen LogP contribution in [-0.2, 0) is 19.5 Å². The molecule has 9 nitrogen and oxygen atoms in total. The SMILES string of the molecule is COc1ccc(S(=O)(=O)NCCCOC2CCCCO2)cc1[N+](=O)[O-]. The zero-order valence-electron chi connectivity index (χ0n) is 14.0. The van der Waals surface area contributed by atoms with Gasteiger partial charge in [0, 0.05) is 19.2 Å². The average molecular weight is 374 g/mol. The lowest BCUT2D eigenvalue weighted by molar-refractivity contribution is -0.386. The summed E-state index contributed by atoms with van der Waals surface area (Å²) in [6.45, 7) is 1.22. The fourth-order valence-corrected chi connectivity index (χ4v) is 3.49. The summed E-state index contributed by atoms with van der Waals surface area (Å²) in [5.74, 6) is 0.00447. The van der Waals surface area contributed by atoms with E-state index in [-0.39, 0.29) is 23.5 Å². The molecule has 1 heterocycles. The minimum atomic E-state index is -3.84. The second kappa shape index (κ2) is 9.09. The number of nitro groups is 1. The van der Waals surface area contributed by atoms with E-state index >= 15 is 0 Å². The molecule has 25 heavy (non-hydrogen) atoms. The zero-order chi connectivity index (χ0) is 18.3. The van der Waals surface area contributed by atoms with Crippen LogP contribution < -0.4 is 9.46 Å². The van der Waals surface area contributed by atoms with Crippen molar-refractivity contribution in [1.82, 2.24) is 4.72 Å². The van der Waals surface area contributed by atoms with Crippen LogP contribution in [0.4, 0.5) is 5.69 Å². The van der Waals surface area contributed by atoms with Crippen LogP contribution in [0.5, 0.6) is 5.75 Å². The first kappa shape index (κ1) is 19.6. The van der Waals surface area contributed by atoms with E-state index in [0.29, 0.717) is 19.6 Å².